The monoisotopic (exact) mass is 334 g/mol. The molecule has 0 saturated heterocycles. The van der Waals surface area contributed by atoms with Gasteiger partial charge in [0.15, 0.2) is 0 Å². The molecule has 0 atom stereocenters. The largest absolute Gasteiger partial charge is 0.508 e. The van der Waals surface area contributed by atoms with Gasteiger partial charge in [0, 0.05) is 11.8 Å². The topological polar surface area (TPSA) is 85.3 Å². The van der Waals surface area contributed by atoms with Crippen molar-refractivity contribution in [1.29, 1.82) is 0 Å². The molecule has 5 nitrogen and oxygen atoms in total. The lowest BCUT2D eigenvalue weighted by molar-refractivity contribution is 0.0999. The van der Waals surface area contributed by atoms with Gasteiger partial charge in [0.25, 0.3) is 5.56 Å². The zero-order chi connectivity index (χ0) is 17.7. The van der Waals surface area contributed by atoms with Gasteiger partial charge in [-0.2, -0.15) is 0 Å². The molecule has 2 aromatic carbocycles. The smallest absolute Gasteiger partial charge is 0.263 e. The summed E-state index contributed by atoms with van der Waals surface area (Å²) in [6.07, 6.45) is 3.69. The van der Waals surface area contributed by atoms with E-state index < -0.39 is 5.91 Å². The van der Waals surface area contributed by atoms with Crippen LogP contribution in [0.2, 0.25) is 0 Å². The zero-order valence-electron chi connectivity index (χ0n) is 13.8. The molecule has 4 rings (SSSR count). The second-order valence-corrected chi connectivity index (χ2v) is 6.59. The fraction of sp³-hybridized carbons (Fsp3) is 0.200. The van der Waals surface area contributed by atoms with Crippen molar-refractivity contribution >= 4 is 16.7 Å². The number of aryl methyl sites for hydroxylation is 1. The molecule has 5 heteroatoms. The van der Waals surface area contributed by atoms with E-state index in [9.17, 15) is 14.7 Å². The standard InChI is InChI=1S/C20H18N2O3/c1-11-2-7-15(19(21)24)17(13-3-4-13)18(11)22-9-8-12-5-6-14(23)10-16(12)20(22)25/h2,5-10,13,23H,3-4H2,1H3,(H2,21,24). The number of amides is 1. The number of phenolic OH excluding ortho intramolecular Hbond substituents is 1. The van der Waals surface area contributed by atoms with Crippen LogP contribution in [0.15, 0.2) is 47.4 Å². The average molecular weight is 334 g/mol. The molecule has 0 aliphatic heterocycles. The highest BCUT2D eigenvalue weighted by atomic mass is 16.3. The summed E-state index contributed by atoms with van der Waals surface area (Å²) in [5.74, 6) is -0.175. The van der Waals surface area contributed by atoms with Crippen molar-refractivity contribution in [2.24, 2.45) is 5.73 Å². The van der Waals surface area contributed by atoms with Crippen LogP contribution in [-0.2, 0) is 0 Å². The third-order valence-corrected chi connectivity index (χ3v) is 4.80. The lowest BCUT2D eigenvalue weighted by Crippen LogP contribution is -2.22. The molecule has 1 saturated carbocycles. The van der Waals surface area contributed by atoms with Gasteiger partial charge >= 0.3 is 0 Å². The van der Waals surface area contributed by atoms with Gasteiger partial charge in [-0.1, -0.05) is 12.1 Å². The second-order valence-electron chi connectivity index (χ2n) is 6.59. The first kappa shape index (κ1) is 15.4. The van der Waals surface area contributed by atoms with E-state index in [1.807, 2.05) is 19.1 Å². The minimum Gasteiger partial charge on any atom is -0.508 e. The summed E-state index contributed by atoms with van der Waals surface area (Å²) in [5, 5.41) is 10.9. The van der Waals surface area contributed by atoms with Gasteiger partial charge < -0.3 is 10.8 Å². The summed E-state index contributed by atoms with van der Waals surface area (Å²) in [4.78, 5) is 24.9. The summed E-state index contributed by atoms with van der Waals surface area (Å²) < 4.78 is 1.57. The highest BCUT2D eigenvalue weighted by Crippen LogP contribution is 2.45. The molecule has 1 aromatic heterocycles. The Morgan fingerprint density at radius 2 is 1.96 bits per heavy atom. The van der Waals surface area contributed by atoms with E-state index in [4.69, 9.17) is 5.73 Å². The van der Waals surface area contributed by atoms with E-state index in [0.717, 1.165) is 35.0 Å². The Labute approximate surface area is 144 Å². The normalized spacial score (nSPS) is 14.0. The maximum atomic E-state index is 13.0. The van der Waals surface area contributed by atoms with E-state index in [1.165, 1.54) is 6.07 Å². The number of fused-ring (bicyclic) bond motifs is 1. The first-order chi connectivity index (χ1) is 12.0. The molecule has 0 bridgehead atoms. The minimum atomic E-state index is -0.477. The Bertz CT molecular complexity index is 1080. The van der Waals surface area contributed by atoms with E-state index >= 15 is 0 Å². The number of aromatic nitrogens is 1. The number of benzene rings is 2. The van der Waals surface area contributed by atoms with Crippen molar-refractivity contribution in [3.05, 3.63) is 69.6 Å². The maximum Gasteiger partial charge on any atom is 0.263 e. The Balaban J connectivity index is 2.07. The van der Waals surface area contributed by atoms with Crippen molar-refractivity contribution in [1.82, 2.24) is 4.57 Å². The van der Waals surface area contributed by atoms with Crippen molar-refractivity contribution in [2.75, 3.05) is 0 Å². The van der Waals surface area contributed by atoms with Crippen LogP contribution < -0.4 is 11.3 Å². The fourth-order valence-electron chi connectivity index (χ4n) is 3.44. The number of nitrogens with two attached hydrogens (primary N) is 1. The zero-order valence-corrected chi connectivity index (χ0v) is 13.8. The number of primary amides is 1. The van der Waals surface area contributed by atoms with Crippen LogP contribution in [0, 0.1) is 6.92 Å². The first-order valence-electron chi connectivity index (χ1n) is 8.25. The Hall–Kier alpha value is -3.08. The molecular weight excluding hydrogens is 316 g/mol. The molecule has 3 aromatic rings. The third kappa shape index (κ3) is 2.48. The van der Waals surface area contributed by atoms with E-state index in [1.54, 1.807) is 29.0 Å². The Morgan fingerprint density at radius 3 is 2.64 bits per heavy atom. The van der Waals surface area contributed by atoms with Gasteiger partial charge in [0.2, 0.25) is 5.91 Å². The molecule has 1 heterocycles. The van der Waals surface area contributed by atoms with Crippen molar-refractivity contribution in [2.45, 2.75) is 25.7 Å². The Morgan fingerprint density at radius 1 is 1.20 bits per heavy atom. The van der Waals surface area contributed by atoms with Gasteiger partial charge in [-0.25, -0.2) is 0 Å². The number of aromatic hydroxyl groups is 1. The predicted molar refractivity (Wildman–Crippen MR) is 96.4 cm³/mol. The molecule has 0 unspecified atom stereocenters. The molecule has 3 N–H and O–H groups in total. The number of carbonyl (C=O) groups excluding carboxylic acids is 1. The van der Waals surface area contributed by atoms with Crippen LogP contribution >= 0.6 is 0 Å². The highest BCUT2D eigenvalue weighted by Gasteiger charge is 2.31. The van der Waals surface area contributed by atoms with Crippen molar-refractivity contribution in [3.63, 3.8) is 0 Å². The number of hydrogen-bond donors (Lipinski definition) is 2. The van der Waals surface area contributed by atoms with Crippen LogP contribution in [0.4, 0.5) is 0 Å². The van der Waals surface area contributed by atoms with Gasteiger partial charge in [-0.3, -0.25) is 14.2 Å². The van der Waals surface area contributed by atoms with Crippen LogP contribution in [0.1, 0.15) is 40.2 Å². The number of rotatable bonds is 3. The van der Waals surface area contributed by atoms with Gasteiger partial charge in [-0.15, -0.1) is 0 Å². The molecule has 1 aliphatic rings. The number of pyridine rings is 1. The number of nitrogens with zero attached hydrogens (tertiary/aromatic N) is 1. The highest BCUT2D eigenvalue weighted by molar-refractivity contribution is 5.96. The molecule has 0 spiro atoms. The van der Waals surface area contributed by atoms with Crippen LogP contribution in [0.3, 0.4) is 0 Å². The third-order valence-electron chi connectivity index (χ3n) is 4.80. The fourth-order valence-corrected chi connectivity index (χ4v) is 3.44. The summed E-state index contributed by atoms with van der Waals surface area (Å²) >= 11 is 0. The van der Waals surface area contributed by atoms with E-state index in [0.29, 0.717) is 10.9 Å². The van der Waals surface area contributed by atoms with Gasteiger partial charge in [-0.05, 0) is 66.5 Å². The predicted octanol–water partition coefficient (Wildman–Crippen LogP) is 2.98. The Kier molecular flexibility index (Phi) is 3.39. The molecular formula is C20H18N2O3. The molecule has 0 radical (unpaired) electrons. The number of phenols is 1. The second kappa shape index (κ2) is 5.48. The van der Waals surface area contributed by atoms with Gasteiger partial charge in [0.1, 0.15) is 5.75 Å². The van der Waals surface area contributed by atoms with E-state index in [-0.39, 0.29) is 17.2 Å². The molecule has 1 aliphatic carbocycles. The molecule has 25 heavy (non-hydrogen) atoms. The minimum absolute atomic E-state index is 0.0485. The molecule has 1 fully saturated rings. The van der Waals surface area contributed by atoms with E-state index in [2.05, 4.69) is 0 Å². The summed E-state index contributed by atoms with van der Waals surface area (Å²) in [6, 6.07) is 10.1. The number of hydrogen-bond acceptors (Lipinski definition) is 3. The quantitative estimate of drug-likeness (QED) is 0.772. The van der Waals surface area contributed by atoms with Crippen molar-refractivity contribution < 1.29 is 9.90 Å². The van der Waals surface area contributed by atoms with Crippen LogP contribution in [-0.4, -0.2) is 15.6 Å². The van der Waals surface area contributed by atoms with Crippen LogP contribution in [0.5, 0.6) is 5.75 Å². The summed E-state index contributed by atoms with van der Waals surface area (Å²) in [6.45, 7) is 1.92. The lowest BCUT2D eigenvalue weighted by atomic mass is 9.96. The van der Waals surface area contributed by atoms with Crippen LogP contribution in [0.25, 0.3) is 16.5 Å². The first-order valence-corrected chi connectivity index (χ1v) is 8.25. The maximum absolute atomic E-state index is 13.0. The van der Waals surface area contributed by atoms with Gasteiger partial charge in [0.05, 0.1) is 11.1 Å². The average Bonchev–Trinajstić information content (AvgIpc) is 3.40. The lowest BCUT2D eigenvalue weighted by Gasteiger charge is -2.18. The summed E-state index contributed by atoms with van der Waals surface area (Å²) in [5.41, 5.74) is 8.32. The summed E-state index contributed by atoms with van der Waals surface area (Å²) in [7, 11) is 0. The van der Waals surface area contributed by atoms with Crippen molar-refractivity contribution in [3.8, 4) is 11.4 Å². The number of carbonyl (C=O) groups is 1. The molecule has 126 valence electrons. The SMILES string of the molecule is Cc1ccc(C(N)=O)c(C2CC2)c1-n1ccc2ccc(O)cc2c1=O. The molecule has 1 amide bonds.